The molecule has 1 fully saturated rings. The molecule has 0 radical (unpaired) electrons. The Morgan fingerprint density at radius 1 is 1.33 bits per heavy atom. The topological polar surface area (TPSA) is 41.6 Å². The number of carbonyl (C=O) groups excluding carboxylic acids is 1. The lowest BCUT2D eigenvalue weighted by Gasteiger charge is -2.42. The molecule has 1 rings (SSSR count). The average Bonchev–Trinajstić information content (AvgIpc) is 2.17. The van der Waals surface area contributed by atoms with Crippen LogP contribution < -0.4 is 5.32 Å². The van der Waals surface area contributed by atoms with Gasteiger partial charge in [-0.15, -0.1) is 0 Å². The monoisotopic (exact) mass is 214 g/mol. The van der Waals surface area contributed by atoms with Crippen molar-refractivity contribution in [2.75, 3.05) is 20.2 Å². The van der Waals surface area contributed by atoms with Gasteiger partial charge in [0, 0.05) is 11.6 Å². The lowest BCUT2D eigenvalue weighted by molar-refractivity contribution is 0.0473. The molecule has 1 heterocycles. The fraction of sp³-hybridized carbons (Fsp3) is 0.909. The second-order valence-corrected chi connectivity index (χ2v) is 4.99. The van der Waals surface area contributed by atoms with Gasteiger partial charge >= 0.3 is 6.09 Å². The number of amides is 1. The molecule has 88 valence electrons. The molecular formula is C11H22N2O2. The number of hydrogen-bond donors (Lipinski definition) is 1. The third-order valence-electron chi connectivity index (χ3n) is 2.77. The zero-order valence-corrected chi connectivity index (χ0v) is 10.2. The number of rotatable bonds is 1. The number of carbonyl (C=O) groups is 1. The second kappa shape index (κ2) is 4.84. The molecule has 4 heteroatoms. The Balaban J connectivity index is 2.75. The first kappa shape index (κ1) is 12.3. The molecule has 0 saturated carbocycles. The molecule has 1 saturated heterocycles. The summed E-state index contributed by atoms with van der Waals surface area (Å²) in [5.41, 5.74) is -0.172. The normalized spacial score (nSPS) is 18.7. The van der Waals surface area contributed by atoms with Gasteiger partial charge in [0.05, 0.1) is 7.11 Å². The van der Waals surface area contributed by atoms with Crippen LogP contribution in [0.15, 0.2) is 0 Å². The number of piperidine rings is 1. The molecule has 4 nitrogen and oxygen atoms in total. The Morgan fingerprint density at radius 2 is 1.87 bits per heavy atom. The Kier molecular flexibility index (Phi) is 3.97. The maximum absolute atomic E-state index is 11.7. The summed E-state index contributed by atoms with van der Waals surface area (Å²) in [6.45, 7) is 8.10. The van der Waals surface area contributed by atoms with Crippen LogP contribution in [0.1, 0.15) is 33.6 Å². The van der Waals surface area contributed by atoms with Crippen LogP contribution in [0, 0.1) is 0 Å². The molecule has 0 spiro atoms. The Bertz CT molecular complexity index is 217. The largest absolute Gasteiger partial charge is 0.453 e. The minimum absolute atomic E-state index is 0.172. The number of nitrogens with one attached hydrogen (secondary N) is 1. The van der Waals surface area contributed by atoms with Crippen LogP contribution in [0.25, 0.3) is 0 Å². The van der Waals surface area contributed by atoms with E-state index in [9.17, 15) is 4.79 Å². The van der Waals surface area contributed by atoms with E-state index in [0.717, 1.165) is 25.9 Å². The van der Waals surface area contributed by atoms with Crippen LogP contribution in [0.3, 0.4) is 0 Å². The van der Waals surface area contributed by atoms with Crippen LogP contribution >= 0.6 is 0 Å². The number of hydrogen-bond acceptors (Lipinski definition) is 3. The molecular weight excluding hydrogens is 192 g/mol. The summed E-state index contributed by atoms with van der Waals surface area (Å²) in [5, 5.41) is 3.30. The van der Waals surface area contributed by atoms with Gasteiger partial charge in [0.15, 0.2) is 0 Å². The molecule has 1 aliphatic heterocycles. The van der Waals surface area contributed by atoms with Gasteiger partial charge in [-0.25, -0.2) is 4.79 Å². The Morgan fingerprint density at radius 3 is 2.27 bits per heavy atom. The zero-order valence-electron chi connectivity index (χ0n) is 10.2. The van der Waals surface area contributed by atoms with Gasteiger partial charge in [0.2, 0.25) is 0 Å². The smallest absolute Gasteiger partial charge is 0.410 e. The summed E-state index contributed by atoms with van der Waals surface area (Å²) in [7, 11) is 1.45. The predicted molar refractivity (Wildman–Crippen MR) is 59.9 cm³/mol. The maximum Gasteiger partial charge on any atom is 0.410 e. The lowest BCUT2D eigenvalue weighted by atomic mass is 9.98. The summed E-state index contributed by atoms with van der Waals surface area (Å²) >= 11 is 0. The summed E-state index contributed by atoms with van der Waals surface area (Å²) < 4.78 is 4.86. The van der Waals surface area contributed by atoms with Crippen molar-refractivity contribution < 1.29 is 9.53 Å². The van der Waals surface area contributed by atoms with Gasteiger partial charge in [0.25, 0.3) is 0 Å². The van der Waals surface area contributed by atoms with E-state index >= 15 is 0 Å². The highest BCUT2D eigenvalue weighted by Crippen LogP contribution is 2.23. The van der Waals surface area contributed by atoms with Crippen LogP contribution in [0.2, 0.25) is 0 Å². The molecule has 15 heavy (non-hydrogen) atoms. The van der Waals surface area contributed by atoms with Gasteiger partial charge in [-0.2, -0.15) is 0 Å². The average molecular weight is 214 g/mol. The van der Waals surface area contributed by atoms with E-state index in [0.29, 0.717) is 6.04 Å². The minimum atomic E-state index is -0.214. The standard InChI is InChI=1S/C11H22N2O2/c1-11(2,3)13(10(14)15-4)9-5-7-12-8-6-9/h9,12H,5-8H2,1-4H3. The number of methoxy groups -OCH3 is 1. The fourth-order valence-electron chi connectivity index (χ4n) is 2.13. The van der Waals surface area contributed by atoms with Crippen molar-refractivity contribution in [1.82, 2.24) is 10.2 Å². The van der Waals surface area contributed by atoms with E-state index in [1.54, 1.807) is 0 Å². The third-order valence-corrected chi connectivity index (χ3v) is 2.77. The van der Waals surface area contributed by atoms with Crippen LogP contribution in [-0.2, 0) is 4.74 Å². The van der Waals surface area contributed by atoms with Crippen molar-refractivity contribution in [3.05, 3.63) is 0 Å². The highest BCUT2D eigenvalue weighted by Gasteiger charge is 2.34. The molecule has 1 N–H and O–H groups in total. The van der Waals surface area contributed by atoms with Crippen LogP contribution in [0.4, 0.5) is 4.79 Å². The van der Waals surface area contributed by atoms with Crippen molar-refractivity contribution in [3.8, 4) is 0 Å². The highest BCUT2D eigenvalue weighted by atomic mass is 16.5. The Hall–Kier alpha value is -0.770. The van der Waals surface area contributed by atoms with Crippen molar-refractivity contribution in [3.63, 3.8) is 0 Å². The molecule has 0 unspecified atom stereocenters. The molecule has 0 aromatic carbocycles. The lowest BCUT2D eigenvalue weighted by Crippen LogP contribution is -2.54. The van der Waals surface area contributed by atoms with Gasteiger partial charge in [0.1, 0.15) is 0 Å². The van der Waals surface area contributed by atoms with E-state index in [2.05, 4.69) is 5.32 Å². The molecule has 0 aliphatic carbocycles. The quantitative estimate of drug-likeness (QED) is 0.721. The second-order valence-electron chi connectivity index (χ2n) is 4.99. The molecule has 0 aromatic heterocycles. The Labute approximate surface area is 92.0 Å². The first-order valence-corrected chi connectivity index (χ1v) is 5.55. The van der Waals surface area contributed by atoms with Crippen molar-refractivity contribution in [2.24, 2.45) is 0 Å². The SMILES string of the molecule is COC(=O)N(C1CCNCC1)C(C)(C)C. The van der Waals surface area contributed by atoms with E-state index in [1.807, 2.05) is 25.7 Å². The fourth-order valence-corrected chi connectivity index (χ4v) is 2.13. The summed E-state index contributed by atoms with van der Waals surface area (Å²) in [6.07, 6.45) is 1.80. The molecule has 1 amide bonds. The zero-order chi connectivity index (χ0) is 11.5. The first-order chi connectivity index (χ1) is 6.96. The van der Waals surface area contributed by atoms with Crippen molar-refractivity contribution in [2.45, 2.75) is 45.2 Å². The third kappa shape index (κ3) is 3.09. The summed E-state index contributed by atoms with van der Waals surface area (Å²) in [6, 6.07) is 0.304. The van der Waals surface area contributed by atoms with Gasteiger partial charge in [-0.05, 0) is 46.7 Å². The van der Waals surface area contributed by atoms with Gasteiger partial charge in [-0.3, -0.25) is 0 Å². The van der Waals surface area contributed by atoms with E-state index < -0.39 is 0 Å². The molecule has 0 atom stereocenters. The molecule has 1 aliphatic rings. The van der Waals surface area contributed by atoms with Crippen molar-refractivity contribution >= 4 is 6.09 Å². The molecule has 0 aromatic rings. The first-order valence-electron chi connectivity index (χ1n) is 5.55. The highest BCUT2D eigenvalue weighted by molar-refractivity contribution is 5.68. The van der Waals surface area contributed by atoms with Crippen LogP contribution in [-0.4, -0.2) is 42.8 Å². The number of ether oxygens (including phenoxy) is 1. The van der Waals surface area contributed by atoms with Gasteiger partial charge < -0.3 is 15.0 Å². The summed E-state index contributed by atoms with van der Waals surface area (Å²) in [5.74, 6) is 0. The predicted octanol–water partition coefficient (Wildman–Crippen LogP) is 1.61. The maximum atomic E-state index is 11.7. The summed E-state index contributed by atoms with van der Waals surface area (Å²) in [4.78, 5) is 13.6. The number of nitrogens with zero attached hydrogens (tertiary/aromatic N) is 1. The van der Waals surface area contributed by atoms with E-state index in [4.69, 9.17) is 4.74 Å². The van der Waals surface area contributed by atoms with Gasteiger partial charge in [-0.1, -0.05) is 0 Å². The van der Waals surface area contributed by atoms with Crippen molar-refractivity contribution in [1.29, 1.82) is 0 Å². The molecule has 0 bridgehead atoms. The minimum Gasteiger partial charge on any atom is -0.453 e. The van der Waals surface area contributed by atoms with Crippen LogP contribution in [0.5, 0.6) is 0 Å². The van der Waals surface area contributed by atoms with E-state index in [1.165, 1.54) is 7.11 Å². The van der Waals surface area contributed by atoms with E-state index in [-0.39, 0.29) is 11.6 Å².